The van der Waals surface area contributed by atoms with E-state index in [4.69, 9.17) is 0 Å². The van der Waals surface area contributed by atoms with Crippen LogP contribution in [0.4, 0.5) is 11.4 Å². The highest BCUT2D eigenvalue weighted by atomic mass is 14.8. The van der Waals surface area contributed by atoms with Gasteiger partial charge in [-0.05, 0) is 41.8 Å². The maximum absolute atomic E-state index is 4.43. The zero-order valence-corrected chi connectivity index (χ0v) is 15.6. The first-order chi connectivity index (χ1) is 14.3. The lowest BCUT2D eigenvalue weighted by molar-refractivity contribution is 1.18. The Hall–Kier alpha value is -4.06. The normalized spacial score (nSPS) is 11.3. The molecule has 0 aliphatic carbocycles. The molecule has 29 heavy (non-hydrogen) atoms. The van der Waals surface area contributed by atoms with Crippen molar-refractivity contribution in [3.05, 3.63) is 108 Å². The summed E-state index contributed by atoms with van der Waals surface area (Å²) in [6.07, 6.45) is 14.2. The van der Waals surface area contributed by atoms with E-state index in [0.717, 1.165) is 29.2 Å². The van der Waals surface area contributed by atoms with Gasteiger partial charge in [0.1, 0.15) is 0 Å². The average Bonchev–Trinajstić information content (AvgIpc) is 2.80. The molecule has 0 atom stereocenters. The first kappa shape index (κ1) is 18.3. The topological polar surface area (TPSA) is 76.3 Å². The van der Waals surface area contributed by atoms with Gasteiger partial charge in [-0.3, -0.25) is 29.9 Å². The third-order valence-corrected chi connectivity index (χ3v) is 4.14. The van der Waals surface area contributed by atoms with Crippen LogP contribution in [-0.4, -0.2) is 32.4 Å². The van der Waals surface area contributed by atoms with E-state index in [0.29, 0.717) is 0 Å². The second-order valence-electron chi connectivity index (χ2n) is 6.29. The van der Waals surface area contributed by atoms with Gasteiger partial charge in [-0.25, -0.2) is 0 Å². The molecule has 0 radical (unpaired) electrons. The van der Waals surface area contributed by atoms with Crippen LogP contribution in [0.2, 0.25) is 0 Å². The van der Waals surface area contributed by atoms with Crippen LogP contribution in [0.3, 0.4) is 0 Å². The molecule has 0 N–H and O–H groups in total. The van der Waals surface area contributed by atoms with Crippen LogP contribution in [0, 0.1) is 0 Å². The quantitative estimate of drug-likeness (QED) is 0.467. The fourth-order valence-electron chi connectivity index (χ4n) is 2.67. The van der Waals surface area contributed by atoms with Crippen molar-refractivity contribution in [2.45, 2.75) is 6.42 Å². The van der Waals surface area contributed by atoms with Gasteiger partial charge in [0, 0.05) is 24.8 Å². The third kappa shape index (κ3) is 5.46. The fourth-order valence-corrected chi connectivity index (χ4v) is 2.67. The molecule has 0 bridgehead atoms. The van der Waals surface area contributed by atoms with Gasteiger partial charge < -0.3 is 0 Å². The smallest absolute Gasteiger partial charge is 0.0995 e. The molecule has 6 nitrogen and oxygen atoms in total. The van der Waals surface area contributed by atoms with E-state index in [9.17, 15) is 0 Å². The van der Waals surface area contributed by atoms with E-state index < -0.39 is 0 Å². The molecular formula is C23H18N6. The minimum absolute atomic E-state index is 0.735. The van der Waals surface area contributed by atoms with Crippen LogP contribution in [0.15, 0.2) is 95.7 Å². The fraction of sp³-hybridized carbons (Fsp3) is 0.0435. The maximum atomic E-state index is 4.43. The Kier molecular flexibility index (Phi) is 5.83. The molecule has 4 aromatic rings. The van der Waals surface area contributed by atoms with Gasteiger partial charge in [-0.15, -0.1) is 0 Å². The van der Waals surface area contributed by atoms with Crippen LogP contribution in [0.5, 0.6) is 0 Å². The first-order valence-corrected chi connectivity index (χ1v) is 9.13. The lowest BCUT2D eigenvalue weighted by atomic mass is 10.0. The van der Waals surface area contributed by atoms with Crippen LogP contribution < -0.4 is 0 Å². The summed E-state index contributed by atoms with van der Waals surface area (Å²) in [5.74, 6) is 0. The second kappa shape index (κ2) is 9.23. The van der Waals surface area contributed by atoms with Crippen molar-refractivity contribution in [3.8, 4) is 0 Å². The Bertz CT molecular complexity index is 999. The molecule has 2 aromatic heterocycles. The van der Waals surface area contributed by atoms with Gasteiger partial charge in [0.25, 0.3) is 0 Å². The summed E-state index contributed by atoms with van der Waals surface area (Å²) < 4.78 is 0. The molecule has 0 fully saturated rings. The summed E-state index contributed by atoms with van der Waals surface area (Å²) in [5.41, 5.74) is 5.68. The predicted molar refractivity (Wildman–Crippen MR) is 114 cm³/mol. The van der Waals surface area contributed by atoms with Crippen molar-refractivity contribution in [3.63, 3.8) is 0 Å². The summed E-state index contributed by atoms with van der Waals surface area (Å²) in [4.78, 5) is 25.3. The number of benzene rings is 2. The molecule has 0 aliphatic heterocycles. The number of nitrogens with zero attached hydrogens (tertiary/aromatic N) is 6. The Labute approximate surface area is 168 Å². The van der Waals surface area contributed by atoms with Crippen molar-refractivity contribution >= 4 is 23.8 Å². The molecular weight excluding hydrogens is 360 g/mol. The number of aliphatic imine (C=N–C) groups is 2. The second-order valence-corrected chi connectivity index (χ2v) is 6.29. The number of hydrogen-bond donors (Lipinski definition) is 0. The van der Waals surface area contributed by atoms with Gasteiger partial charge in [0.2, 0.25) is 0 Å². The highest BCUT2D eigenvalue weighted by molar-refractivity contribution is 5.79. The minimum Gasteiger partial charge on any atom is -0.261 e. The summed E-state index contributed by atoms with van der Waals surface area (Å²) in [6.45, 7) is 0. The molecule has 0 spiro atoms. The van der Waals surface area contributed by atoms with Crippen molar-refractivity contribution in [2.75, 3.05) is 0 Å². The van der Waals surface area contributed by atoms with Gasteiger partial charge in [-0.2, -0.15) is 0 Å². The lowest BCUT2D eigenvalue weighted by Crippen LogP contribution is -1.88. The molecule has 0 aliphatic rings. The minimum atomic E-state index is 0.735. The Balaban J connectivity index is 1.36. The number of hydrogen-bond acceptors (Lipinski definition) is 6. The monoisotopic (exact) mass is 378 g/mol. The van der Waals surface area contributed by atoms with Crippen LogP contribution >= 0.6 is 0 Å². The lowest BCUT2D eigenvalue weighted by Gasteiger charge is -2.03. The van der Waals surface area contributed by atoms with Crippen molar-refractivity contribution < 1.29 is 0 Å². The van der Waals surface area contributed by atoms with E-state index in [1.807, 2.05) is 24.3 Å². The molecule has 6 heteroatoms. The van der Waals surface area contributed by atoms with E-state index in [2.05, 4.69) is 54.2 Å². The number of rotatable bonds is 6. The molecule has 0 saturated carbocycles. The van der Waals surface area contributed by atoms with Crippen LogP contribution in [0.25, 0.3) is 0 Å². The van der Waals surface area contributed by atoms with E-state index in [1.54, 1.807) is 49.6 Å². The highest BCUT2D eigenvalue weighted by Crippen LogP contribution is 2.18. The molecule has 0 saturated heterocycles. The predicted octanol–water partition coefficient (Wildman–Crippen LogP) is 4.36. The largest absolute Gasteiger partial charge is 0.261 e. The van der Waals surface area contributed by atoms with Crippen molar-refractivity contribution in [1.29, 1.82) is 0 Å². The molecule has 0 unspecified atom stereocenters. The Morgan fingerprint density at radius 2 is 1.03 bits per heavy atom. The Morgan fingerprint density at radius 3 is 1.41 bits per heavy atom. The van der Waals surface area contributed by atoms with E-state index >= 15 is 0 Å². The summed E-state index contributed by atoms with van der Waals surface area (Å²) >= 11 is 0. The summed E-state index contributed by atoms with van der Waals surface area (Å²) in [7, 11) is 0. The van der Waals surface area contributed by atoms with Gasteiger partial charge in [0.05, 0.1) is 47.6 Å². The average molecular weight is 378 g/mol. The van der Waals surface area contributed by atoms with Gasteiger partial charge >= 0.3 is 0 Å². The first-order valence-electron chi connectivity index (χ1n) is 9.13. The molecule has 0 amide bonds. The summed E-state index contributed by atoms with van der Waals surface area (Å²) in [6, 6.07) is 16.4. The van der Waals surface area contributed by atoms with Crippen molar-refractivity contribution in [2.24, 2.45) is 9.98 Å². The van der Waals surface area contributed by atoms with E-state index in [-0.39, 0.29) is 0 Å². The van der Waals surface area contributed by atoms with E-state index in [1.165, 1.54) is 11.1 Å². The zero-order valence-electron chi connectivity index (χ0n) is 15.6. The van der Waals surface area contributed by atoms with Crippen LogP contribution in [-0.2, 0) is 6.42 Å². The molecule has 2 heterocycles. The third-order valence-electron chi connectivity index (χ3n) is 4.14. The van der Waals surface area contributed by atoms with Crippen LogP contribution in [0.1, 0.15) is 22.5 Å². The molecule has 2 aromatic carbocycles. The molecule has 4 rings (SSSR count). The molecule has 140 valence electrons. The zero-order chi connectivity index (χ0) is 19.7. The van der Waals surface area contributed by atoms with Crippen molar-refractivity contribution in [1.82, 2.24) is 19.9 Å². The Morgan fingerprint density at radius 1 is 0.586 bits per heavy atom. The van der Waals surface area contributed by atoms with Gasteiger partial charge in [-0.1, -0.05) is 24.3 Å². The highest BCUT2D eigenvalue weighted by Gasteiger charge is 1.98. The standard InChI is InChI=1S/C23H18N6/c1-5-20(28-16-22-14-24-9-11-26-22)6-2-18(1)13-19-3-7-21(8-4-19)29-17-23-15-25-10-12-27-23/h1-12,14-17H,13H2. The maximum Gasteiger partial charge on any atom is 0.0995 e. The van der Waals surface area contributed by atoms with Gasteiger partial charge in [0.15, 0.2) is 0 Å². The number of aromatic nitrogens is 4. The SMILES string of the molecule is C(=Nc1ccc(Cc2ccc(N=Cc3cnccn3)cc2)cc1)c1cnccn1. The summed E-state index contributed by atoms with van der Waals surface area (Å²) in [5, 5.41) is 0.